The first kappa shape index (κ1) is 17.7. The summed E-state index contributed by atoms with van der Waals surface area (Å²) >= 11 is 6.81. The van der Waals surface area contributed by atoms with Gasteiger partial charge in [0, 0.05) is 17.5 Å². The van der Waals surface area contributed by atoms with Crippen molar-refractivity contribution in [2.45, 2.75) is 12.6 Å². The van der Waals surface area contributed by atoms with Gasteiger partial charge in [0.1, 0.15) is 0 Å². The third kappa shape index (κ3) is 4.92. The molecule has 23 heavy (non-hydrogen) atoms. The number of carbonyl (C=O) groups is 1. The van der Waals surface area contributed by atoms with Crippen molar-refractivity contribution in [3.63, 3.8) is 0 Å². The molecule has 124 valence electrons. The largest absolute Gasteiger partial charge is 0.417 e. The van der Waals surface area contributed by atoms with Gasteiger partial charge in [-0.05, 0) is 24.7 Å². The van der Waals surface area contributed by atoms with Gasteiger partial charge in [-0.2, -0.15) is 13.2 Å². The Bertz CT molecular complexity index is 703. The van der Waals surface area contributed by atoms with Crippen molar-refractivity contribution in [2.75, 3.05) is 18.9 Å². The van der Waals surface area contributed by atoms with Crippen LogP contribution in [0.15, 0.2) is 24.4 Å². The molecule has 0 aliphatic heterocycles. The summed E-state index contributed by atoms with van der Waals surface area (Å²) in [5.41, 5.74) is -0.387. The average molecular weight is 364 g/mol. The summed E-state index contributed by atoms with van der Waals surface area (Å²) in [6, 6.07) is 3.80. The summed E-state index contributed by atoms with van der Waals surface area (Å²) in [6.45, 7) is 0.154. The number of nitrogens with one attached hydrogen (secondary N) is 2. The van der Waals surface area contributed by atoms with Crippen molar-refractivity contribution >= 4 is 34.0 Å². The Kier molecular flexibility index (Phi) is 5.61. The predicted molar refractivity (Wildman–Crippen MR) is 83.9 cm³/mol. The Hall–Kier alpha value is -1.64. The SMILES string of the molecule is CNCC(=O)Nc1ncc(Cc2ccc(Cl)c(C(F)(F)F)c2)s1. The van der Waals surface area contributed by atoms with Crippen LogP contribution in [0.4, 0.5) is 18.3 Å². The highest BCUT2D eigenvalue weighted by Crippen LogP contribution is 2.35. The van der Waals surface area contributed by atoms with Gasteiger partial charge in [0.15, 0.2) is 5.13 Å². The molecule has 0 atom stereocenters. The van der Waals surface area contributed by atoms with E-state index in [9.17, 15) is 18.0 Å². The van der Waals surface area contributed by atoms with E-state index >= 15 is 0 Å². The minimum atomic E-state index is -4.49. The summed E-state index contributed by atoms with van der Waals surface area (Å²) in [5, 5.41) is 5.38. The van der Waals surface area contributed by atoms with E-state index in [1.54, 1.807) is 7.05 Å². The van der Waals surface area contributed by atoms with Crippen molar-refractivity contribution < 1.29 is 18.0 Å². The summed E-state index contributed by atoms with van der Waals surface area (Å²) in [6.07, 6.45) is -2.69. The highest BCUT2D eigenvalue weighted by Gasteiger charge is 2.33. The number of aromatic nitrogens is 1. The average Bonchev–Trinajstić information content (AvgIpc) is 2.87. The topological polar surface area (TPSA) is 54.0 Å². The van der Waals surface area contributed by atoms with Crippen LogP contribution in [-0.4, -0.2) is 24.5 Å². The molecule has 0 spiro atoms. The van der Waals surface area contributed by atoms with E-state index in [0.29, 0.717) is 10.7 Å². The molecule has 2 aromatic rings. The number of benzene rings is 1. The predicted octanol–water partition coefficient (Wildman–Crippen LogP) is 3.56. The normalized spacial score (nSPS) is 11.5. The van der Waals surface area contributed by atoms with E-state index < -0.39 is 11.7 Å². The lowest BCUT2D eigenvalue weighted by Crippen LogP contribution is -2.24. The molecule has 2 N–H and O–H groups in total. The lowest BCUT2D eigenvalue weighted by molar-refractivity contribution is -0.137. The minimum absolute atomic E-state index is 0.154. The molecule has 0 saturated carbocycles. The fourth-order valence-electron chi connectivity index (χ4n) is 1.87. The fraction of sp³-hybridized carbons (Fsp3) is 0.286. The van der Waals surface area contributed by atoms with Crippen LogP contribution in [-0.2, 0) is 17.4 Å². The van der Waals surface area contributed by atoms with Gasteiger partial charge in [-0.25, -0.2) is 4.98 Å². The van der Waals surface area contributed by atoms with Crippen LogP contribution in [0.2, 0.25) is 5.02 Å². The van der Waals surface area contributed by atoms with Gasteiger partial charge in [-0.1, -0.05) is 17.7 Å². The first-order valence-corrected chi connectivity index (χ1v) is 7.74. The molecule has 0 aliphatic rings. The molecule has 1 aromatic heterocycles. The second-order valence-corrected chi connectivity index (χ2v) is 6.22. The zero-order valence-corrected chi connectivity index (χ0v) is 13.6. The van der Waals surface area contributed by atoms with Crippen molar-refractivity contribution in [3.05, 3.63) is 45.4 Å². The van der Waals surface area contributed by atoms with Crippen LogP contribution < -0.4 is 10.6 Å². The fourth-order valence-corrected chi connectivity index (χ4v) is 2.96. The number of likely N-dealkylation sites (N-methyl/N-ethyl adjacent to an activating group) is 1. The molecule has 0 fully saturated rings. The second kappa shape index (κ2) is 7.29. The maximum atomic E-state index is 12.8. The number of carbonyl (C=O) groups excluding carboxylic acids is 1. The van der Waals surface area contributed by atoms with Crippen molar-refractivity contribution in [1.29, 1.82) is 0 Å². The number of amides is 1. The third-order valence-electron chi connectivity index (χ3n) is 2.85. The summed E-state index contributed by atoms with van der Waals surface area (Å²) in [4.78, 5) is 16.2. The van der Waals surface area contributed by atoms with Gasteiger partial charge >= 0.3 is 6.18 Å². The number of hydrogen-bond acceptors (Lipinski definition) is 4. The second-order valence-electron chi connectivity index (χ2n) is 4.70. The summed E-state index contributed by atoms with van der Waals surface area (Å²) in [5.74, 6) is -0.237. The van der Waals surface area contributed by atoms with E-state index in [1.165, 1.54) is 29.7 Å². The monoisotopic (exact) mass is 363 g/mol. The van der Waals surface area contributed by atoms with Crippen LogP contribution in [0.1, 0.15) is 16.0 Å². The van der Waals surface area contributed by atoms with E-state index in [2.05, 4.69) is 15.6 Å². The first-order chi connectivity index (χ1) is 10.8. The highest BCUT2D eigenvalue weighted by atomic mass is 35.5. The zero-order chi connectivity index (χ0) is 17.0. The highest BCUT2D eigenvalue weighted by molar-refractivity contribution is 7.15. The van der Waals surface area contributed by atoms with Crippen LogP contribution in [0, 0.1) is 0 Å². The van der Waals surface area contributed by atoms with Crippen LogP contribution in [0.3, 0.4) is 0 Å². The van der Waals surface area contributed by atoms with E-state index in [4.69, 9.17) is 11.6 Å². The van der Waals surface area contributed by atoms with Crippen molar-refractivity contribution in [1.82, 2.24) is 10.3 Å². The minimum Gasteiger partial charge on any atom is -0.311 e. The Morgan fingerprint density at radius 3 is 2.78 bits per heavy atom. The Morgan fingerprint density at radius 2 is 2.13 bits per heavy atom. The number of halogens is 4. The molecular formula is C14H13ClF3N3OS. The number of alkyl halides is 3. The van der Waals surface area contributed by atoms with Gasteiger partial charge < -0.3 is 10.6 Å². The van der Waals surface area contributed by atoms with Crippen LogP contribution in [0.5, 0.6) is 0 Å². The summed E-state index contributed by atoms with van der Waals surface area (Å²) in [7, 11) is 1.64. The first-order valence-electron chi connectivity index (χ1n) is 6.54. The number of thiazole rings is 1. The third-order valence-corrected chi connectivity index (χ3v) is 4.09. The number of rotatable bonds is 5. The van der Waals surface area contributed by atoms with E-state index in [-0.39, 0.29) is 23.9 Å². The Morgan fingerprint density at radius 1 is 1.39 bits per heavy atom. The lowest BCUT2D eigenvalue weighted by Gasteiger charge is -2.10. The molecule has 2 rings (SSSR count). The molecule has 1 heterocycles. The van der Waals surface area contributed by atoms with Crippen molar-refractivity contribution in [3.8, 4) is 0 Å². The molecule has 0 radical (unpaired) electrons. The Labute approximate surface area is 139 Å². The zero-order valence-electron chi connectivity index (χ0n) is 12.0. The molecule has 4 nitrogen and oxygen atoms in total. The van der Waals surface area contributed by atoms with Gasteiger partial charge in [-0.3, -0.25) is 4.79 Å². The van der Waals surface area contributed by atoms with Gasteiger partial charge in [0.05, 0.1) is 17.1 Å². The maximum absolute atomic E-state index is 12.8. The summed E-state index contributed by atoms with van der Waals surface area (Å²) < 4.78 is 38.5. The molecular weight excluding hydrogens is 351 g/mol. The van der Waals surface area contributed by atoms with Crippen LogP contribution in [0.25, 0.3) is 0 Å². The molecule has 1 aromatic carbocycles. The van der Waals surface area contributed by atoms with Crippen LogP contribution >= 0.6 is 22.9 Å². The standard InChI is InChI=1S/C14H13ClF3N3OS/c1-19-7-12(22)21-13-20-6-9(23-13)4-8-2-3-11(15)10(5-8)14(16,17)18/h2-3,5-6,19H,4,7H2,1H3,(H,20,21,22). The molecule has 0 bridgehead atoms. The lowest BCUT2D eigenvalue weighted by atomic mass is 10.1. The van der Waals surface area contributed by atoms with E-state index in [0.717, 1.165) is 10.9 Å². The quantitative estimate of drug-likeness (QED) is 0.854. The molecule has 1 amide bonds. The van der Waals surface area contributed by atoms with E-state index in [1.807, 2.05) is 0 Å². The smallest absolute Gasteiger partial charge is 0.311 e. The maximum Gasteiger partial charge on any atom is 0.417 e. The van der Waals surface area contributed by atoms with Gasteiger partial charge in [0.2, 0.25) is 5.91 Å². The van der Waals surface area contributed by atoms with Crippen molar-refractivity contribution in [2.24, 2.45) is 0 Å². The number of nitrogens with zero attached hydrogens (tertiary/aromatic N) is 1. The molecule has 0 unspecified atom stereocenters. The van der Waals surface area contributed by atoms with Gasteiger partial charge in [-0.15, -0.1) is 11.3 Å². The number of anilines is 1. The molecule has 9 heteroatoms. The molecule has 0 saturated heterocycles. The van der Waals surface area contributed by atoms with Gasteiger partial charge in [0.25, 0.3) is 0 Å². The Balaban J connectivity index is 2.11. The number of hydrogen-bond donors (Lipinski definition) is 2. The molecule has 0 aliphatic carbocycles.